The first-order valence-electron chi connectivity index (χ1n) is 8.79. The molecule has 0 aliphatic heterocycles. The number of likely N-dealkylation sites (N-methyl/N-ethyl adjacent to an activating group) is 1. The van der Waals surface area contributed by atoms with Crippen molar-refractivity contribution in [3.63, 3.8) is 0 Å². The Bertz CT molecular complexity index is 658. The maximum absolute atomic E-state index is 12.4. The largest absolute Gasteiger partial charge is 0.456 e. The lowest BCUT2D eigenvalue weighted by atomic mass is 10.1. The first kappa shape index (κ1) is 18.3. The molecule has 0 saturated heterocycles. The quantitative estimate of drug-likeness (QED) is 0.731. The number of carbonyl (C=O) groups is 1. The monoisotopic (exact) mass is 329 g/mol. The SMILES string of the molecule is CC[NH+](CC)CCc1c(C)[nH]c(C(=O)OCc2ccccc2)c1C. The summed E-state index contributed by atoms with van der Waals surface area (Å²) < 4.78 is 5.46. The van der Waals surface area contributed by atoms with Crippen LogP contribution in [0.3, 0.4) is 0 Å². The zero-order valence-corrected chi connectivity index (χ0v) is 15.2. The molecule has 1 aromatic carbocycles. The van der Waals surface area contributed by atoms with Crippen LogP contribution in [0.4, 0.5) is 0 Å². The van der Waals surface area contributed by atoms with Gasteiger partial charge in [-0.3, -0.25) is 0 Å². The van der Waals surface area contributed by atoms with Gasteiger partial charge in [-0.2, -0.15) is 0 Å². The van der Waals surface area contributed by atoms with Crippen LogP contribution < -0.4 is 4.90 Å². The lowest BCUT2D eigenvalue weighted by Crippen LogP contribution is -3.11. The Morgan fingerprint density at radius 3 is 2.42 bits per heavy atom. The van der Waals surface area contributed by atoms with Crippen molar-refractivity contribution in [1.29, 1.82) is 0 Å². The number of nitrogens with one attached hydrogen (secondary N) is 2. The van der Waals surface area contributed by atoms with Gasteiger partial charge in [-0.15, -0.1) is 0 Å². The molecule has 0 saturated carbocycles. The molecular weight excluding hydrogens is 300 g/mol. The highest BCUT2D eigenvalue weighted by molar-refractivity contribution is 5.89. The third kappa shape index (κ3) is 4.48. The van der Waals surface area contributed by atoms with E-state index in [1.54, 1.807) is 4.90 Å². The molecule has 0 aliphatic carbocycles. The fourth-order valence-electron chi connectivity index (χ4n) is 3.07. The first-order valence-corrected chi connectivity index (χ1v) is 8.79. The number of H-pyrrole nitrogens is 1. The van der Waals surface area contributed by atoms with Crippen LogP contribution in [0.25, 0.3) is 0 Å². The van der Waals surface area contributed by atoms with Gasteiger partial charge in [0.05, 0.1) is 19.6 Å². The van der Waals surface area contributed by atoms with Gasteiger partial charge in [0.1, 0.15) is 12.3 Å². The van der Waals surface area contributed by atoms with Crippen molar-refractivity contribution in [1.82, 2.24) is 4.98 Å². The Kier molecular flexibility index (Phi) is 6.62. The highest BCUT2D eigenvalue weighted by atomic mass is 16.5. The Hall–Kier alpha value is -2.07. The normalized spacial score (nSPS) is 11.0. The fourth-order valence-corrected chi connectivity index (χ4v) is 3.07. The number of hydrogen-bond acceptors (Lipinski definition) is 2. The van der Waals surface area contributed by atoms with Gasteiger partial charge < -0.3 is 14.6 Å². The van der Waals surface area contributed by atoms with E-state index in [1.165, 1.54) is 5.56 Å². The molecular formula is C20H29N2O2+. The molecule has 2 aromatic rings. The molecule has 0 spiro atoms. The van der Waals surface area contributed by atoms with Gasteiger partial charge in [-0.05, 0) is 44.4 Å². The van der Waals surface area contributed by atoms with Crippen LogP contribution in [0.1, 0.15) is 46.7 Å². The Morgan fingerprint density at radius 1 is 1.12 bits per heavy atom. The number of aromatic amines is 1. The molecule has 4 nitrogen and oxygen atoms in total. The molecule has 0 aliphatic rings. The zero-order valence-electron chi connectivity index (χ0n) is 15.2. The van der Waals surface area contributed by atoms with Crippen molar-refractivity contribution in [2.75, 3.05) is 19.6 Å². The highest BCUT2D eigenvalue weighted by Gasteiger charge is 2.19. The van der Waals surface area contributed by atoms with Crippen LogP contribution in [0.5, 0.6) is 0 Å². The van der Waals surface area contributed by atoms with E-state index in [0.29, 0.717) is 12.3 Å². The van der Waals surface area contributed by atoms with Gasteiger partial charge in [0.25, 0.3) is 0 Å². The van der Waals surface area contributed by atoms with E-state index in [9.17, 15) is 4.79 Å². The van der Waals surface area contributed by atoms with Crippen molar-refractivity contribution in [2.45, 2.75) is 40.7 Å². The summed E-state index contributed by atoms with van der Waals surface area (Å²) >= 11 is 0. The molecule has 0 atom stereocenters. The minimum Gasteiger partial charge on any atom is -0.456 e. The number of aromatic nitrogens is 1. The predicted molar refractivity (Wildman–Crippen MR) is 96.4 cm³/mol. The summed E-state index contributed by atoms with van der Waals surface area (Å²) in [5.41, 5.74) is 4.94. The van der Waals surface area contributed by atoms with Gasteiger partial charge >= 0.3 is 5.97 Å². The van der Waals surface area contributed by atoms with E-state index in [0.717, 1.165) is 42.9 Å². The van der Waals surface area contributed by atoms with Gasteiger partial charge in [0.2, 0.25) is 0 Å². The Labute approximate surface area is 144 Å². The van der Waals surface area contributed by atoms with Gasteiger partial charge in [0, 0.05) is 12.1 Å². The molecule has 1 aromatic heterocycles. The van der Waals surface area contributed by atoms with Crippen molar-refractivity contribution >= 4 is 5.97 Å². The maximum Gasteiger partial charge on any atom is 0.355 e. The average molecular weight is 329 g/mol. The summed E-state index contributed by atoms with van der Waals surface area (Å²) in [5.74, 6) is -0.277. The van der Waals surface area contributed by atoms with Crippen LogP contribution in [0.15, 0.2) is 30.3 Å². The minimum atomic E-state index is -0.277. The van der Waals surface area contributed by atoms with Gasteiger partial charge in [0.15, 0.2) is 0 Å². The number of quaternary nitrogens is 1. The maximum atomic E-state index is 12.4. The first-order chi connectivity index (χ1) is 11.6. The second kappa shape index (κ2) is 8.69. The highest BCUT2D eigenvalue weighted by Crippen LogP contribution is 2.19. The third-order valence-corrected chi connectivity index (χ3v) is 4.74. The lowest BCUT2D eigenvalue weighted by Gasteiger charge is -2.15. The molecule has 2 rings (SSSR count). The van der Waals surface area contributed by atoms with Crippen molar-refractivity contribution < 1.29 is 14.4 Å². The number of rotatable bonds is 8. The molecule has 0 bridgehead atoms. The van der Waals surface area contributed by atoms with Crippen LogP contribution in [-0.4, -0.2) is 30.6 Å². The number of hydrogen-bond donors (Lipinski definition) is 2. The second-order valence-electron chi connectivity index (χ2n) is 6.25. The van der Waals surface area contributed by atoms with E-state index < -0.39 is 0 Å². The van der Waals surface area contributed by atoms with E-state index >= 15 is 0 Å². The van der Waals surface area contributed by atoms with E-state index in [1.807, 2.05) is 44.2 Å². The number of esters is 1. The molecule has 0 fully saturated rings. The molecule has 4 heteroatoms. The number of benzene rings is 1. The van der Waals surface area contributed by atoms with Gasteiger partial charge in [-0.25, -0.2) is 4.79 Å². The second-order valence-corrected chi connectivity index (χ2v) is 6.25. The Balaban J connectivity index is 2.02. The van der Waals surface area contributed by atoms with E-state index in [2.05, 4.69) is 18.8 Å². The van der Waals surface area contributed by atoms with E-state index in [4.69, 9.17) is 4.74 Å². The summed E-state index contributed by atoms with van der Waals surface area (Å²) in [6.07, 6.45) is 0.983. The van der Waals surface area contributed by atoms with Crippen LogP contribution >= 0.6 is 0 Å². The number of carbonyl (C=O) groups excluding carboxylic acids is 1. The topological polar surface area (TPSA) is 46.5 Å². The number of ether oxygens (including phenoxy) is 1. The molecule has 0 unspecified atom stereocenters. The molecule has 2 N–H and O–H groups in total. The van der Waals surface area contributed by atoms with Crippen molar-refractivity contribution in [2.24, 2.45) is 0 Å². The Morgan fingerprint density at radius 2 is 1.79 bits per heavy atom. The van der Waals surface area contributed by atoms with E-state index in [-0.39, 0.29) is 5.97 Å². The molecule has 0 radical (unpaired) electrons. The van der Waals surface area contributed by atoms with Gasteiger partial charge in [-0.1, -0.05) is 30.3 Å². The molecule has 130 valence electrons. The van der Waals surface area contributed by atoms with Crippen LogP contribution in [0.2, 0.25) is 0 Å². The minimum absolute atomic E-state index is 0.277. The third-order valence-electron chi connectivity index (χ3n) is 4.74. The molecule has 1 heterocycles. The fraction of sp³-hybridized carbons (Fsp3) is 0.450. The molecule has 0 amide bonds. The van der Waals surface area contributed by atoms with Crippen LogP contribution in [-0.2, 0) is 17.8 Å². The predicted octanol–water partition coefficient (Wildman–Crippen LogP) is 2.46. The summed E-state index contributed by atoms with van der Waals surface area (Å²) in [5, 5.41) is 0. The number of aryl methyl sites for hydroxylation is 1. The summed E-state index contributed by atoms with van der Waals surface area (Å²) in [6.45, 7) is 12.1. The average Bonchev–Trinajstić information content (AvgIpc) is 2.89. The smallest absolute Gasteiger partial charge is 0.355 e. The van der Waals surface area contributed by atoms with Crippen molar-refractivity contribution in [3.05, 3.63) is 58.4 Å². The zero-order chi connectivity index (χ0) is 17.5. The standard InChI is InChI=1S/C20H28N2O2/c1-5-22(6-2)13-12-18-15(3)19(21-16(18)4)20(23)24-14-17-10-8-7-9-11-17/h7-11,21H,5-6,12-14H2,1-4H3/p+1. The summed E-state index contributed by atoms with van der Waals surface area (Å²) in [7, 11) is 0. The summed E-state index contributed by atoms with van der Waals surface area (Å²) in [4.78, 5) is 17.2. The van der Waals surface area contributed by atoms with Crippen molar-refractivity contribution in [3.8, 4) is 0 Å². The molecule has 24 heavy (non-hydrogen) atoms. The lowest BCUT2D eigenvalue weighted by molar-refractivity contribution is -0.896. The summed E-state index contributed by atoms with van der Waals surface area (Å²) in [6, 6.07) is 9.76. The van der Waals surface area contributed by atoms with Crippen LogP contribution in [0, 0.1) is 13.8 Å².